The summed E-state index contributed by atoms with van der Waals surface area (Å²) in [4.78, 5) is 12.8. The standard InChI is InChI=1S/C55H101NO13/c1-3-5-7-8-9-10-11-12-13-14-15-16-17-18-19-20-21-22-23-24-25-26-27-28-29-30-31-32-33-34-35-37-38-44(59)43(56-47(60)39-36-6-4-2)42-66-54-52(65)50(63)53(46(41-58)68-54)69-55-51(64)49(62)48(61)45(40-57)67-55/h28-29,32-33,37-38,43-46,48-55,57-59,61-65H,3-27,30-31,34-36,39-42H2,1-2H3,(H,56,60)/b29-28+,33-32+,38-37+. The quantitative estimate of drug-likeness (QED) is 0.0207. The molecular weight excluding hydrogens is 883 g/mol. The van der Waals surface area contributed by atoms with E-state index in [1.54, 1.807) is 6.08 Å². The van der Waals surface area contributed by atoms with E-state index >= 15 is 0 Å². The van der Waals surface area contributed by atoms with Crippen LogP contribution in [0.15, 0.2) is 36.5 Å². The molecule has 69 heavy (non-hydrogen) atoms. The highest BCUT2D eigenvalue weighted by atomic mass is 16.7. The molecule has 2 saturated heterocycles. The third-order valence-electron chi connectivity index (χ3n) is 13.6. The lowest BCUT2D eigenvalue weighted by atomic mass is 9.97. The van der Waals surface area contributed by atoms with Crippen LogP contribution in [-0.4, -0.2) is 140 Å². The Hall–Kier alpha value is -1.79. The Balaban J connectivity index is 1.59. The molecule has 2 rings (SSSR count). The third-order valence-corrected chi connectivity index (χ3v) is 13.6. The van der Waals surface area contributed by atoms with Crippen molar-refractivity contribution < 1.29 is 64.6 Å². The molecule has 1 amide bonds. The van der Waals surface area contributed by atoms with Crippen molar-refractivity contribution in [3.8, 4) is 0 Å². The molecule has 12 atom stereocenters. The van der Waals surface area contributed by atoms with Gasteiger partial charge in [0.05, 0.1) is 32.0 Å². The van der Waals surface area contributed by atoms with Gasteiger partial charge in [-0.2, -0.15) is 0 Å². The van der Waals surface area contributed by atoms with Gasteiger partial charge in [0.2, 0.25) is 5.91 Å². The van der Waals surface area contributed by atoms with E-state index in [-0.39, 0.29) is 18.9 Å². The van der Waals surface area contributed by atoms with Crippen LogP contribution >= 0.6 is 0 Å². The van der Waals surface area contributed by atoms with Crippen molar-refractivity contribution in [3.63, 3.8) is 0 Å². The fourth-order valence-electron chi connectivity index (χ4n) is 9.03. The van der Waals surface area contributed by atoms with Crippen LogP contribution < -0.4 is 5.32 Å². The maximum Gasteiger partial charge on any atom is 0.220 e. The summed E-state index contributed by atoms with van der Waals surface area (Å²) < 4.78 is 22.5. The molecule has 0 saturated carbocycles. The Kier molecular flexibility index (Phi) is 38.2. The monoisotopic (exact) mass is 984 g/mol. The van der Waals surface area contributed by atoms with Gasteiger partial charge in [0.25, 0.3) is 0 Å². The normalized spacial score (nSPS) is 26.4. The number of allylic oxidation sites excluding steroid dienone is 5. The first-order valence-corrected chi connectivity index (χ1v) is 27.7. The van der Waals surface area contributed by atoms with Gasteiger partial charge < -0.3 is 65.1 Å². The number of aliphatic hydroxyl groups is 8. The van der Waals surface area contributed by atoms with Crippen molar-refractivity contribution in [1.82, 2.24) is 5.32 Å². The van der Waals surface area contributed by atoms with Crippen LogP contribution in [0.4, 0.5) is 0 Å². The summed E-state index contributed by atoms with van der Waals surface area (Å²) in [5.74, 6) is -0.279. The maximum atomic E-state index is 12.8. The van der Waals surface area contributed by atoms with Gasteiger partial charge in [-0.3, -0.25) is 4.79 Å². The Morgan fingerprint density at radius 2 is 0.928 bits per heavy atom. The summed E-state index contributed by atoms with van der Waals surface area (Å²) in [6, 6.07) is -0.931. The molecule has 14 nitrogen and oxygen atoms in total. The number of amides is 1. The predicted octanol–water partition coefficient (Wildman–Crippen LogP) is 8.27. The zero-order chi connectivity index (χ0) is 50.3. The zero-order valence-electron chi connectivity index (χ0n) is 43.1. The SMILES string of the molecule is CCCCCCCCCCCCCCCCCCCCCCCC/C=C/CC/C=C/CC/C=C/C(O)C(COC1OC(CO)C(OC2OC(CO)C(O)C(O)C2O)C(O)C1O)NC(=O)CCCCC. The molecule has 2 aliphatic heterocycles. The smallest absolute Gasteiger partial charge is 0.220 e. The van der Waals surface area contributed by atoms with Crippen LogP contribution in [0.3, 0.4) is 0 Å². The van der Waals surface area contributed by atoms with Crippen LogP contribution in [0.25, 0.3) is 0 Å². The number of rotatable bonds is 43. The molecule has 0 spiro atoms. The molecule has 2 heterocycles. The Bertz CT molecular complexity index is 1300. The van der Waals surface area contributed by atoms with Crippen LogP contribution in [0.5, 0.6) is 0 Å². The average Bonchev–Trinajstić information content (AvgIpc) is 3.35. The number of hydrogen-bond donors (Lipinski definition) is 9. The van der Waals surface area contributed by atoms with Crippen LogP contribution in [0, 0.1) is 0 Å². The van der Waals surface area contributed by atoms with Gasteiger partial charge >= 0.3 is 0 Å². The van der Waals surface area contributed by atoms with E-state index in [9.17, 15) is 45.6 Å². The predicted molar refractivity (Wildman–Crippen MR) is 272 cm³/mol. The van der Waals surface area contributed by atoms with Gasteiger partial charge in [0, 0.05) is 6.42 Å². The van der Waals surface area contributed by atoms with E-state index in [1.807, 2.05) is 13.0 Å². The minimum atomic E-state index is -1.79. The largest absolute Gasteiger partial charge is 0.394 e. The van der Waals surface area contributed by atoms with E-state index in [0.29, 0.717) is 12.8 Å². The molecule has 0 aromatic heterocycles. The second kappa shape index (κ2) is 41.7. The number of carbonyl (C=O) groups is 1. The molecule has 2 aliphatic rings. The van der Waals surface area contributed by atoms with Crippen LogP contribution in [0.1, 0.15) is 213 Å². The Labute approximate surface area is 417 Å². The molecule has 9 N–H and O–H groups in total. The minimum Gasteiger partial charge on any atom is -0.394 e. The van der Waals surface area contributed by atoms with Crippen molar-refractivity contribution in [3.05, 3.63) is 36.5 Å². The summed E-state index contributed by atoms with van der Waals surface area (Å²) >= 11 is 0. The number of aliphatic hydroxyl groups excluding tert-OH is 8. The minimum absolute atomic E-state index is 0.255. The van der Waals surface area contributed by atoms with Crippen LogP contribution in [-0.2, 0) is 23.7 Å². The molecule has 0 bridgehead atoms. The molecule has 404 valence electrons. The average molecular weight is 984 g/mol. The molecule has 0 aliphatic carbocycles. The number of carbonyl (C=O) groups excluding carboxylic acids is 1. The first kappa shape index (κ1) is 63.3. The first-order chi connectivity index (χ1) is 33.6. The number of unbranched alkanes of at least 4 members (excludes halogenated alkanes) is 26. The summed E-state index contributed by atoms with van der Waals surface area (Å²) in [6.45, 7) is 2.57. The third kappa shape index (κ3) is 28.3. The van der Waals surface area contributed by atoms with E-state index < -0.39 is 86.8 Å². The highest BCUT2D eigenvalue weighted by Gasteiger charge is 2.51. The summed E-state index contributed by atoms with van der Waals surface area (Å²) in [5, 5.41) is 86.1. The van der Waals surface area contributed by atoms with Gasteiger partial charge in [0.15, 0.2) is 12.6 Å². The molecule has 0 radical (unpaired) electrons. The van der Waals surface area contributed by atoms with Gasteiger partial charge in [-0.1, -0.05) is 198 Å². The Morgan fingerprint density at radius 1 is 0.507 bits per heavy atom. The molecule has 14 heteroatoms. The van der Waals surface area contributed by atoms with E-state index in [4.69, 9.17) is 18.9 Å². The highest BCUT2D eigenvalue weighted by molar-refractivity contribution is 5.76. The van der Waals surface area contributed by atoms with Gasteiger partial charge in [0.1, 0.15) is 48.8 Å². The van der Waals surface area contributed by atoms with Gasteiger partial charge in [-0.05, 0) is 44.9 Å². The lowest BCUT2D eigenvalue weighted by Crippen LogP contribution is -2.65. The summed E-state index contributed by atoms with van der Waals surface area (Å²) in [5.41, 5.74) is 0. The molecular formula is C55H101NO13. The summed E-state index contributed by atoms with van der Waals surface area (Å²) in [6.07, 6.45) is 33.4. The van der Waals surface area contributed by atoms with Gasteiger partial charge in [-0.25, -0.2) is 0 Å². The lowest BCUT2D eigenvalue weighted by molar-refractivity contribution is -0.359. The van der Waals surface area contributed by atoms with Crippen molar-refractivity contribution in [2.45, 2.75) is 286 Å². The second-order valence-electron chi connectivity index (χ2n) is 19.7. The highest BCUT2D eigenvalue weighted by Crippen LogP contribution is 2.30. The topological polar surface area (TPSA) is 228 Å². The van der Waals surface area contributed by atoms with Crippen molar-refractivity contribution in [1.29, 1.82) is 0 Å². The van der Waals surface area contributed by atoms with E-state index in [2.05, 4.69) is 36.5 Å². The lowest BCUT2D eigenvalue weighted by Gasteiger charge is -2.46. The second-order valence-corrected chi connectivity index (χ2v) is 19.7. The Morgan fingerprint density at radius 3 is 1.42 bits per heavy atom. The van der Waals surface area contributed by atoms with Crippen molar-refractivity contribution >= 4 is 5.91 Å². The van der Waals surface area contributed by atoms with E-state index in [1.165, 1.54) is 141 Å². The van der Waals surface area contributed by atoms with Crippen molar-refractivity contribution in [2.75, 3.05) is 19.8 Å². The number of hydrogen-bond acceptors (Lipinski definition) is 13. The molecule has 2 fully saturated rings. The van der Waals surface area contributed by atoms with Crippen molar-refractivity contribution in [2.24, 2.45) is 0 Å². The molecule has 0 aromatic carbocycles. The van der Waals surface area contributed by atoms with E-state index in [0.717, 1.165) is 38.5 Å². The molecule has 0 aromatic rings. The number of nitrogens with one attached hydrogen (secondary N) is 1. The number of ether oxygens (including phenoxy) is 4. The summed E-state index contributed by atoms with van der Waals surface area (Å²) in [7, 11) is 0. The fourth-order valence-corrected chi connectivity index (χ4v) is 9.03. The first-order valence-electron chi connectivity index (χ1n) is 27.7. The maximum absolute atomic E-state index is 12.8. The fraction of sp³-hybridized carbons (Fsp3) is 0.873. The van der Waals surface area contributed by atoms with Gasteiger partial charge in [-0.15, -0.1) is 0 Å². The molecule has 12 unspecified atom stereocenters. The van der Waals surface area contributed by atoms with Crippen LogP contribution in [0.2, 0.25) is 0 Å². The zero-order valence-corrected chi connectivity index (χ0v) is 43.1.